The lowest BCUT2D eigenvalue weighted by molar-refractivity contribution is 0.102. The van der Waals surface area contributed by atoms with E-state index >= 15 is 0 Å². The van der Waals surface area contributed by atoms with Crippen LogP contribution >= 0.6 is 22.7 Å². The first-order valence-corrected chi connectivity index (χ1v) is 7.56. The molecule has 0 saturated heterocycles. The predicted octanol–water partition coefficient (Wildman–Crippen LogP) is 4.23. The quantitative estimate of drug-likeness (QED) is 0.767. The molecular formula is C14H12N2OS2. The van der Waals surface area contributed by atoms with E-state index in [4.69, 9.17) is 0 Å². The average molecular weight is 288 g/mol. The third-order valence-corrected chi connectivity index (χ3v) is 5.01. The van der Waals surface area contributed by atoms with Gasteiger partial charge in [0.1, 0.15) is 0 Å². The van der Waals surface area contributed by atoms with Crippen LogP contribution < -0.4 is 5.32 Å². The van der Waals surface area contributed by atoms with Crippen LogP contribution in [0.3, 0.4) is 0 Å². The Kier molecular flexibility index (Phi) is 3.08. The standard InChI is InChI=1S/C14H12N2OS2/c1-8-9(2)18-7-10(8)13(17)16-14-15-11-5-3-4-6-12(11)19-14/h3-7H,1-2H3,(H,15,16,17). The van der Waals surface area contributed by atoms with Crippen LogP contribution in [0.5, 0.6) is 0 Å². The van der Waals surface area contributed by atoms with Crippen molar-refractivity contribution in [2.45, 2.75) is 13.8 Å². The molecule has 3 rings (SSSR count). The molecule has 0 spiro atoms. The third-order valence-electron chi connectivity index (χ3n) is 3.04. The molecule has 1 amide bonds. The van der Waals surface area contributed by atoms with Crippen LogP contribution in [0, 0.1) is 13.8 Å². The van der Waals surface area contributed by atoms with Crippen molar-refractivity contribution < 1.29 is 4.79 Å². The summed E-state index contributed by atoms with van der Waals surface area (Å²) in [5.74, 6) is -0.0825. The first-order chi connectivity index (χ1) is 9.15. The van der Waals surface area contributed by atoms with E-state index in [1.807, 2.05) is 43.5 Å². The van der Waals surface area contributed by atoms with Crippen LogP contribution in [0.25, 0.3) is 10.2 Å². The maximum atomic E-state index is 12.2. The normalized spacial score (nSPS) is 10.8. The SMILES string of the molecule is Cc1scc(C(=O)Nc2nc3ccccc3s2)c1C. The Balaban J connectivity index is 1.88. The summed E-state index contributed by atoms with van der Waals surface area (Å²) in [4.78, 5) is 17.8. The van der Waals surface area contributed by atoms with Crippen LogP contribution in [-0.2, 0) is 0 Å². The van der Waals surface area contributed by atoms with Gasteiger partial charge in [-0.05, 0) is 31.5 Å². The number of nitrogens with one attached hydrogen (secondary N) is 1. The van der Waals surface area contributed by atoms with E-state index in [9.17, 15) is 4.79 Å². The summed E-state index contributed by atoms with van der Waals surface area (Å²) in [6, 6.07) is 7.86. The van der Waals surface area contributed by atoms with Crippen molar-refractivity contribution in [1.82, 2.24) is 4.98 Å². The van der Waals surface area contributed by atoms with Crippen LogP contribution in [0.1, 0.15) is 20.8 Å². The second-order valence-electron chi connectivity index (χ2n) is 4.27. The van der Waals surface area contributed by atoms with Crippen LogP contribution in [-0.4, -0.2) is 10.9 Å². The average Bonchev–Trinajstić information content (AvgIpc) is 2.93. The molecule has 0 aliphatic carbocycles. The molecular weight excluding hydrogens is 276 g/mol. The molecule has 2 heterocycles. The number of para-hydroxylation sites is 1. The summed E-state index contributed by atoms with van der Waals surface area (Å²) >= 11 is 3.09. The maximum Gasteiger partial charge on any atom is 0.258 e. The third kappa shape index (κ3) is 2.27. The van der Waals surface area contributed by atoms with Gasteiger partial charge in [0.2, 0.25) is 0 Å². The Morgan fingerprint density at radius 1 is 1.26 bits per heavy atom. The van der Waals surface area contributed by atoms with E-state index < -0.39 is 0 Å². The lowest BCUT2D eigenvalue weighted by Gasteiger charge is -2.00. The maximum absolute atomic E-state index is 12.2. The Hall–Kier alpha value is -1.72. The summed E-state index contributed by atoms with van der Waals surface area (Å²) < 4.78 is 1.08. The zero-order valence-corrected chi connectivity index (χ0v) is 12.2. The fourth-order valence-electron chi connectivity index (χ4n) is 1.83. The Bertz CT molecular complexity index is 725. The molecule has 3 aromatic rings. The smallest absolute Gasteiger partial charge is 0.258 e. The summed E-state index contributed by atoms with van der Waals surface area (Å²) in [5.41, 5.74) is 2.70. The lowest BCUT2D eigenvalue weighted by Crippen LogP contribution is -2.11. The molecule has 2 aromatic heterocycles. The number of hydrogen-bond acceptors (Lipinski definition) is 4. The molecule has 0 atom stereocenters. The predicted molar refractivity (Wildman–Crippen MR) is 81.4 cm³/mol. The van der Waals surface area contributed by atoms with E-state index in [-0.39, 0.29) is 5.91 Å². The highest BCUT2D eigenvalue weighted by Crippen LogP contribution is 2.27. The van der Waals surface area contributed by atoms with E-state index in [2.05, 4.69) is 10.3 Å². The second kappa shape index (κ2) is 4.75. The molecule has 96 valence electrons. The number of anilines is 1. The van der Waals surface area contributed by atoms with Crippen LogP contribution in [0.4, 0.5) is 5.13 Å². The number of aryl methyl sites for hydroxylation is 1. The number of carbonyl (C=O) groups excluding carboxylic acids is 1. The van der Waals surface area contributed by atoms with Crippen LogP contribution in [0.2, 0.25) is 0 Å². The number of rotatable bonds is 2. The van der Waals surface area contributed by atoms with Gasteiger partial charge in [0.25, 0.3) is 5.91 Å². The number of amides is 1. The fraction of sp³-hybridized carbons (Fsp3) is 0.143. The van der Waals surface area contributed by atoms with Gasteiger partial charge in [-0.1, -0.05) is 23.5 Å². The summed E-state index contributed by atoms with van der Waals surface area (Å²) in [6.45, 7) is 3.99. The Morgan fingerprint density at radius 2 is 2.05 bits per heavy atom. The van der Waals surface area contributed by atoms with Gasteiger partial charge >= 0.3 is 0 Å². The number of carbonyl (C=O) groups is 1. The van der Waals surface area contributed by atoms with E-state index in [0.29, 0.717) is 5.13 Å². The number of fused-ring (bicyclic) bond motifs is 1. The van der Waals surface area contributed by atoms with Gasteiger partial charge in [-0.15, -0.1) is 11.3 Å². The molecule has 1 N–H and O–H groups in total. The summed E-state index contributed by atoms with van der Waals surface area (Å²) in [6.07, 6.45) is 0. The zero-order chi connectivity index (χ0) is 13.4. The van der Waals surface area contributed by atoms with Gasteiger partial charge in [0.05, 0.1) is 15.8 Å². The van der Waals surface area contributed by atoms with Gasteiger partial charge in [0.15, 0.2) is 5.13 Å². The molecule has 0 saturated carbocycles. The number of benzene rings is 1. The summed E-state index contributed by atoms with van der Waals surface area (Å²) in [7, 11) is 0. The molecule has 5 heteroatoms. The Labute approximate surface area is 118 Å². The summed E-state index contributed by atoms with van der Waals surface area (Å²) in [5, 5.41) is 5.42. The minimum Gasteiger partial charge on any atom is -0.298 e. The van der Waals surface area contributed by atoms with Crippen molar-refractivity contribution in [3.05, 3.63) is 45.6 Å². The zero-order valence-electron chi connectivity index (χ0n) is 10.6. The number of nitrogens with zero attached hydrogens (tertiary/aromatic N) is 1. The van der Waals surface area contributed by atoms with Crippen molar-refractivity contribution in [3.63, 3.8) is 0 Å². The monoisotopic (exact) mass is 288 g/mol. The van der Waals surface area contributed by atoms with Crippen molar-refractivity contribution >= 4 is 43.9 Å². The molecule has 3 nitrogen and oxygen atoms in total. The molecule has 0 radical (unpaired) electrons. The van der Waals surface area contributed by atoms with E-state index in [1.165, 1.54) is 16.2 Å². The molecule has 0 aliphatic rings. The number of hydrogen-bond donors (Lipinski definition) is 1. The number of thiophene rings is 1. The molecule has 0 aliphatic heterocycles. The van der Waals surface area contributed by atoms with E-state index in [0.717, 1.165) is 21.3 Å². The van der Waals surface area contributed by atoms with Gasteiger partial charge < -0.3 is 0 Å². The van der Waals surface area contributed by atoms with Crippen molar-refractivity contribution in [2.24, 2.45) is 0 Å². The van der Waals surface area contributed by atoms with Crippen molar-refractivity contribution in [2.75, 3.05) is 5.32 Å². The molecule has 1 aromatic carbocycles. The largest absolute Gasteiger partial charge is 0.298 e. The second-order valence-corrected chi connectivity index (χ2v) is 6.39. The molecule has 0 bridgehead atoms. The van der Waals surface area contributed by atoms with E-state index in [1.54, 1.807) is 11.3 Å². The van der Waals surface area contributed by atoms with Gasteiger partial charge in [-0.3, -0.25) is 10.1 Å². The lowest BCUT2D eigenvalue weighted by atomic mass is 10.2. The minimum absolute atomic E-state index is 0.0825. The van der Waals surface area contributed by atoms with Gasteiger partial charge in [-0.2, -0.15) is 0 Å². The number of thiazole rings is 1. The highest BCUT2D eigenvalue weighted by molar-refractivity contribution is 7.22. The number of aromatic nitrogens is 1. The van der Waals surface area contributed by atoms with Gasteiger partial charge in [0, 0.05) is 10.3 Å². The Morgan fingerprint density at radius 3 is 2.74 bits per heavy atom. The molecule has 0 fully saturated rings. The topological polar surface area (TPSA) is 42.0 Å². The van der Waals surface area contributed by atoms with Crippen molar-refractivity contribution in [1.29, 1.82) is 0 Å². The molecule has 19 heavy (non-hydrogen) atoms. The van der Waals surface area contributed by atoms with Crippen molar-refractivity contribution in [3.8, 4) is 0 Å². The highest BCUT2D eigenvalue weighted by atomic mass is 32.1. The first-order valence-electron chi connectivity index (χ1n) is 5.87. The van der Waals surface area contributed by atoms with Crippen LogP contribution in [0.15, 0.2) is 29.6 Å². The minimum atomic E-state index is -0.0825. The highest BCUT2D eigenvalue weighted by Gasteiger charge is 2.14. The first kappa shape index (κ1) is 12.3. The fourth-order valence-corrected chi connectivity index (χ4v) is 3.55. The van der Waals surface area contributed by atoms with Gasteiger partial charge in [-0.25, -0.2) is 4.98 Å². The molecule has 0 unspecified atom stereocenters.